The molecule has 1 amide bonds. The third-order valence-corrected chi connectivity index (χ3v) is 6.00. The number of fused-ring (bicyclic) bond motifs is 1. The second-order valence-electron chi connectivity index (χ2n) is 5.18. The molecular formula is C16H22N2O3S. The minimum atomic E-state index is -3.47. The van der Waals surface area contributed by atoms with Crippen molar-refractivity contribution in [1.82, 2.24) is 4.31 Å². The summed E-state index contributed by atoms with van der Waals surface area (Å²) in [6.45, 7) is 8.69. The molecule has 0 N–H and O–H groups in total. The molecule has 1 aromatic carbocycles. The fourth-order valence-corrected chi connectivity index (χ4v) is 4.29. The highest BCUT2D eigenvalue weighted by molar-refractivity contribution is 7.89. The van der Waals surface area contributed by atoms with Gasteiger partial charge in [0.2, 0.25) is 15.9 Å². The van der Waals surface area contributed by atoms with Gasteiger partial charge in [-0.15, -0.1) is 0 Å². The molecule has 0 fully saturated rings. The average Bonchev–Trinajstić information content (AvgIpc) is 2.53. The van der Waals surface area contributed by atoms with Crippen LogP contribution >= 0.6 is 0 Å². The van der Waals surface area contributed by atoms with E-state index < -0.39 is 10.0 Å². The van der Waals surface area contributed by atoms with Gasteiger partial charge in [-0.3, -0.25) is 4.79 Å². The first-order valence-electron chi connectivity index (χ1n) is 7.52. The van der Waals surface area contributed by atoms with Crippen molar-refractivity contribution in [2.45, 2.75) is 31.6 Å². The van der Waals surface area contributed by atoms with Gasteiger partial charge in [0.05, 0.1) is 4.90 Å². The molecule has 22 heavy (non-hydrogen) atoms. The monoisotopic (exact) mass is 322 g/mol. The van der Waals surface area contributed by atoms with Crippen molar-refractivity contribution >= 4 is 21.6 Å². The number of carbonyl (C=O) groups is 1. The minimum Gasteiger partial charge on any atom is -0.309 e. The Kier molecular flexibility index (Phi) is 5.03. The van der Waals surface area contributed by atoms with Crippen LogP contribution in [0.4, 0.5) is 5.69 Å². The fraction of sp³-hybridized carbons (Fsp3) is 0.438. The number of aryl methyl sites for hydroxylation is 1. The molecule has 0 aromatic heterocycles. The van der Waals surface area contributed by atoms with Gasteiger partial charge in [-0.25, -0.2) is 8.42 Å². The van der Waals surface area contributed by atoms with Crippen LogP contribution in [0.15, 0.2) is 35.7 Å². The molecule has 1 aliphatic rings. The molecule has 1 aliphatic heterocycles. The predicted molar refractivity (Wildman–Crippen MR) is 87.4 cm³/mol. The van der Waals surface area contributed by atoms with Crippen molar-refractivity contribution in [3.05, 3.63) is 36.4 Å². The largest absolute Gasteiger partial charge is 0.309 e. The van der Waals surface area contributed by atoms with Crippen molar-refractivity contribution in [3.63, 3.8) is 0 Å². The normalized spacial score (nSPS) is 14.8. The molecular weight excluding hydrogens is 300 g/mol. The van der Waals surface area contributed by atoms with E-state index in [1.807, 2.05) is 13.8 Å². The maximum Gasteiger partial charge on any atom is 0.250 e. The summed E-state index contributed by atoms with van der Waals surface area (Å²) in [5.41, 5.74) is 1.68. The average molecular weight is 322 g/mol. The number of hydrogen-bond donors (Lipinski definition) is 0. The SMILES string of the molecule is C=CC(=O)N1CCCc2cc(S(=O)(=O)N(CC)CC)ccc21. The zero-order valence-electron chi connectivity index (χ0n) is 13.1. The molecule has 6 heteroatoms. The van der Waals surface area contributed by atoms with Gasteiger partial charge in [0.15, 0.2) is 0 Å². The Bertz CT molecular complexity index is 679. The quantitative estimate of drug-likeness (QED) is 0.781. The minimum absolute atomic E-state index is 0.152. The Balaban J connectivity index is 2.44. The number of rotatable bonds is 5. The smallest absolute Gasteiger partial charge is 0.250 e. The van der Waals surface area contributed by atoms with E-state index in [1.54, 1.807) is 23.1 Å². The van der Waals surface area contributed by atoms with Gasteiger partial charge in [0, 0.05) is 25.3 Å². The number of anilines is 1. The fourth-order valence-electron chi connectivity index (χ4n) is 2.79. The van der Waals surface area contributed by atoms with E-state index >= 15 is 0 Å². The summed E-state index contributed by atoms with van der Waals surface area (Å²) < 4.78 is 26.6. The van der Waals surface area contributed by atoms with Crippen molar-refractivity contribution in [3.8, 4) is 0 Å². The Labute approximate surface area is 132 Å². The maximum atomic E-state index is 12.6. The van der Waals surface area contributed by atoms with Gasteiger partial charge in [0.25, 0.3) is 0 Å². The third-order valence-electron chi connectivity index (χ3n) is 3.95. The number of nitrogens with zero attached hydrogens (tertiary/aromatic N) is 2. The third kappa shape index (κ3) is 2.94. The lowest BCUT2D eigenvalue weighted by Crippen LogP contribution is -2.34. The summed E-state index contributed by atoms with van der Waals surface area (Å²) in [5, 5.41) is 0. The Morgan fingerprint density at radius 2 is 2.05 bits per heavy atom. The molecule has 0 radical (unpaired) electrons. The van der Waals surface area contributed by atoms with Crippen LogP contribution in [0.3, 0.4) is 0 Å². The molecule has 0 unspecified atom stereocenters. The lowest BCUT2D eigenvalue weighted by atomic mass is 10.0. The molecule has 0 saturated heterocycles. The van der Waals surface area contributed by atoms with Crippen LogP contribution in [-0.4, -0.2) is 38.3 Å². The van der Waals surface area contributed by atoms with Crippen molar-refractivity contribution in [2.75, 3.05) is 24.5 Å². The van der Waals surface area contributed by atoms with Gasteiger partial charge < -0.3 is 4.90 Å². The van der Waals surface area contributed by atoms with Crippen molar-refractivity contribution in [1.29, 1.82) is 0 Å². The molecule has 0 spiro atoms. The first-order chi connectivity index (χ1) is 10.5. The van der Waals surface area contributed by atoms with Crippen molar-refractivity contribution < 1.29 is 13.2 Å². The Morgan fingerprint density at radius 3 is 2.64 bits per heavy atom. The maximum absolute atomic E-state index is 12.6. The first kappa shape index (κ1) is 16.7. The van der Waals surface area contributed by atoms with E-state index in [-0.39, 0.29) is 5.91 Å². The van der Waals surface area contributed by atoms with Crippen molar-refractivity contribution in [2.24, 2.45) is 0 Å². The standard InChI is InChI=1S/C16H22N2O3S/c1-4-16(19)18-11-7-8-13-12-14(9-10-15(13)18)22(20,21)17(5-2)6-3/h4,9-10,12H,1,5-8,11H2,2-3H3. The molecule has 1 heterocycles. The van der Waals surface area contributed by atoms with Crippen LogP contribution in [0.25, 0.3) is 0 Å². The summed E-state index contributed by atoms with van der Waals surface area (Å²) in [6, 6.07) is 5.01. The molecule has 120 valence electrons. The first-order valence-corrected chi connectivity index (χ1v) is 8.96. The molecule has 0 aliphatic carbocycles. The number of hydrogen-bond acceptors (Lipinski definition) is 3. The summed E-state index contributed by atoms with van der Waals surface area (Å²) >= 11 is 0. The highest BCUT2D eigenvalue weighted by Gasteiger charge is 2.26. The molecule has 0 bridgehead atoms. The van der Waals surface area contributed by atoms with Crippen LogP contribution in [0.2, 0.25) is 0 Å². The lowest BCUT2D eigenvalue weighted by molar-refractivity contribution is -0.114. The second kappa shape index (κ2) is 6.62. The Morgan fingerprint density at radius 1 is 1.36 bits per heavy atom. The molecule has 0 saturated carbocycles. The van der Waals surface area contributed by atoms with Crippen LogP contribution < -0.4 is 4.90 Å². The van der Waals surface area contributed by atoms with Gasteiger partial charge >= 0.3 is 0 Å². The lowest BCUT2D eigenvalue weighted by Gasteiger charge is -2.29. The van der Waals surface area contributed by atoms with E-state index in [0.717, 1.165) is 24.1 Å². The Hall–Kier alpha value is -1.66. The molecule has 0 atom stereocenters. The van der Waals surface area contributed by atoms with E-state index in [4.69, 9.17) is 0 Å². The highest BCUT2D eigenvalue weighted by Crippen LogP contribution is 2.30. The summed E-state index contributed by atoms with van der Waals surface area (Å²) in [6.07, 6.45) is 2.88. The number of carbonyl (C=O) groups excluding carboxylic acids is 1. The van der Waals surface area contributed by atoms with Gasteiger partial charge in [-0.2, -0.15) is 4.31 Å². The predicted octanol–water partition coefficient (Wildman–Crippen LogP) is 2.18. The highest BCUT2D eigenvalue weighted by atomic mass is 32.2. The van der Waals surface area contributed by atoms with Crippen LogP contribution in [0, 0.1) is 0 Å². The van der Waals surface area contributed by atoms with Crippen LogP contribution in [0.1, 0.15) is 25.8 Å². The van der Waals surface area contributed by atoms with Crippen LogP contribution in [-0.2, 0) is 21.2 Å². The molecule has 5 nitrogen and oxygen atoms in total. The number of amides is 1. The number of sulfonamides is 1. The van der Waals surface area contributed by atoms with E-state index in [1.165, 1.54) is 10.4 Å². The second-order valence-corrected chi connectivity index (χ2v) is 7.12. The van der Waals surface area contributed by atoms with Gasteiger partial charge in [-0.1, -0.05) is 20.4 Å². The summed E-state index contributed by atoms with van der Waals surface area (Å²) in [5.74, 6) is -0.152. The molecule has 2 rings (SSSR count). The topological polar surface area (TPSA) is 57.7 Å². The van der Waals surface area contributed by atoms with Gasteiger partial charge in [-0.05, 0) is 42.7 Å². The summed E-state index contributed by atoms with van der Waals surface area (Å²) in [7, 11) is -3.47. The number of benzene rings is 1. The van der Waals surface area contributed by atoms with Gasteiger partial charge in [0.1, 0.15) is 0 Å². The van der Waals surface area contributed by atoms with E-state index in [2.05, 4.69) is 6.58 Å². The molecule has 1 aromatic rings. The zero-order valence-corrected chi connectivity index (χ0v) is 13.9. The van der Waals surface area contributed by atoms with E-state index in [9.17, 15) is 13.2 Å². The van der Waals surface area contributed by atoms with E-state index in [0.29, 0.717) is 24.5 Å². The zero-order chi connectivity index (χ0) is 16.3. The van der Waals surface area contributed by atoms with Crippen LogP contribution in [0.5, 0.6) is 0 Å². The summed E-state index contributed by atoms with van der Waals surface area (Å²) in [4.78, 5) is 13.8.